The molecular weight excluding hydrogens is 266 g/mol. The molecule has 0 aliphatic heterocycles. The summed E-state index contributed by atoms with van der Waals surface area (Å²) < 4.78 is 0. The van der Waals surface area contributed by atoms with Crippen LogP contribution in [0, 0.1) is 6.92 Å². The van der Waals surface area contributed by atoms with Crippen molar-refractivity contribution in [3.05, 3.63) is 70.2 Å². The molecule has 0 spiro atoms. The van der Waals surface area contributed by atoms with Crippen molar-refractivity contribution in [1.82, 2.24) is 5.32 Å². The van der Waals surface area contributed by atoms with Crippen LogP contribution < -0.4 is 5.32 Å². The molecule has 0 fully saturated rings. The van der Waals surface area contributed by atoms with E-state index >= 15 is 0 Å². The van der Waals surface area contributed by atoms with Gasteiger partial charge in [0, 0.05) is 11.1 Å². The maximum atomic E-state index is 6.37. The summed E-state index contributed by atoms with van der Waals surface area (Å²) in [7, 11) is 0. The van der Waals surface area contributed by atoms with Gasteiger partial charge in [0.15, 0.2) is 0 Å². The van der Waals surface area contributed by atoms with Gasteiger partial charge in [0.2, 0.25) is 0 Å². The summed E-state index contributed by atoms with van der Waals surface area (Å²) in [5.41, 5.74) is 3.73. The van der Waals surface area contributed by atoms with Crippen LogP contribution in [0.3, 0.4) is 0 Å². The van der Waals surface area contributed by atoms with Crippen molar-refractivity contribution >= 4 is 11.6 Å². The molecule has 0 heterocycles. The molecule has 0 radical (unpaired) electrons. The molecule has 1 N–H and O–H groups in total. The van der Waals surface area contributed by atoms with Crippen molar-refractivity contribution in [2.75, 3.05) is 6.54 Å². The van der Waals surface area contributed by atoms with Crippen molar-refractivity contribution in [2.24, 2.45) is 0 Å². The maximum absolute atomic E-state index is 6.37. The molecule has 0 saturated carbocycles. The third kappa shape index (κ3) is 4.09. The number of benzene rings is 2. The summed E-state index contributed by atoms with van der Waals surface area (Å²) in [5.74, 6) is 0. The van der Waals surface area contributed by atoms with Crippen LogP contribution >= 0.6 is 11.6 Å². The Morgan fingerprint density at radius 2 is 1.85 bits per heavy atom. The van der Waals surface area contributed by atoms with Gasteiger partial charge in [-0.2, -0.15) is 0 Å². The van der Waals surface area contributed by atoms with Crippen LogP contribution in [0.15, 0.2) is 48.5 Å². The van der Waals surface area contributed by atoms with E-state index in [1.165, 1.54) is 16.7 Å². The highest BCUT2D eigenvalue weighted by atomic mass is 35.5. The van der Waals surface area contributed by atoms with Crippen molar-refractivity contribution in [1.29, 1.82) is 0 Å². The van der Waals surface area contributed by atoms with Gasteiger partial charge in [-0.25, -0.2) is 0 Å². The fraction of sp³-hybridized carbons (Fsp3) is 0.333. The SMILES string of the molecule is CCCNC(Cc1ccc(C)cc1Cl)c1ccccc1. The Labute approximate surface area is 127 Å². The molecule has 0 aliphatic rings. The van der Waals surface area contributed by atoms with E-state index in [1.807, 2.05) is 6.07 Å². The van der Waals surface area contributed by atoms with E-state index in [9.17, 15) is 0 Å². The number of nitrogens with one attached hydrogen (secondary N) is 1. The van der Waals surface area contributed by atoms with Crippen LogP contribution in [0.2, 0.25) is 5.02 Å². The molecule has 1 nitrogen and oxygen atoms in total. The zero-order chi connectivity index (χ0) is 14.4. The Kier molecular flexibility index (Phi) is 5.63. The standard InChI is InChI=1S/C18H22ClN/c1-3-11-20-18(15-7-5-4-6-8-15)13-16-10-9-14(2)12-17(16)19/h4-10,12,18,20H,3,11,13H2,1-2H3. The second-order valence-corrected chi connectivity index (χ2v) is 5.62. The first-order valence-corrected chi connectivity index (χ1v) is 7.62. The summed E-state index contributed by atoms with van der Waals surface area (Å²) in [6.07, 6.45) is 2.05. The van der Waals surface area contributed by atoms with Crippen molar-refractivity contribution < 1.29 is 0 Å². The van der Waals surface area contributed by atoms with Crippen LogP contribution in [0.25, 0.3) is 0 Å². The summed E-state index contributed by atoms with van der Waals surface area (Å²) in [5, 5.41) is 4.48. The van der Waals surface area contributed by atoms with E-state index in [0.29, 0.717) is 6.04 Å². The Bertz CT molecular complexity index is 536. The molecule has 2 rings (SSSR count). The lowest BCUT2D eigenvalue weighted by Gasteiger charge is -2.20. The molecule has 20 heavy (non-hydrogen) atoms. The normalized spacial score (nSPS) is 12.3. The molecule has 0 aromatic heterocycles. The third-order valence-electron chi connectivity index (χ3n) is 3.48. The van der Waals surface area contributed by atoms with Gasteiger partial charge < -0.3 is 5.32 Å². The van der Waals surface area contributed by atoms with E-state index in [1.54, 1.807) is 0 Å². The lowest BCUT2D eigenvalue weighted by molar-refractivity contribution is 0.529. The summed E-state index contributed by atoms with van der Waals surface area (Å²) in [4.78, 5) is 0. The third-order valence-corrected chi connectivity index (χ3v) is 3.83. The molecule has 0 aliphatic carbocycles. The molecule has 1 unspecified atom stereocenters. The van der Waals surface area contributed by atoms with Gasteiger partial charge in [0.1, 0.15) is 0 Å². The van der Waals surface area contributed by atoms with Gasteiger partial charge in [-0.3, -0.25) is 0 Å². The van der Waals surface area contributed by atoms with Crippen molar-refractivity contribution in [3.63, 3.8) is 0 Å². The fourth-order valence-electron chi connectivity index (χ4n) is 2.35. The number of hydrogen-bond acceptors (Lipinski definition) is 1. The fourth-order valence-corrected chi connectivity index (χ4v) is 2.66. The summed E-state index contributed by atoms with van der Waals surface area (Å²) >= 11 is 6.37. The number of rotatable bonds is 6. The van der Waals surface area contributed by atoms with Gasteiger partial charge in [0.25, 0.3) is 0 Å². The number of hydrogen-bond donors (Lipinski definition) is 1. The van der Waals surface area contributed by atoms with E-state index in [0.717, 1.165) is 24.4 Å². The Morgan fingerprint density at radius 1 is 1.10 bits per heavy atom. The maximum Gasteiger partial charge on any atom is 0.0441 e. The highest BCUT2D eigenvalue weighted by Crippen LogP contribution is 2.24. The number of aryl methyl sites for hydroxylation is 1. The predicted octanol–water partition coefficient (Wildman–Crippen LogP) is 4.93. The average molecular weight is 288 g/mol. The second-order valence-electron chi connectivity index (χ2n) is 5.22. The number of halogens is 1. The lowest BCUT2D eigenvalue weighted by Crippen LogP contribution is -2.24. The quantitative estimate of drug-likeness (QED) is 0.794. The van der Waals surface area contributed by atoms with Gasteiger partial charge in [-0.1, -0.05) is 61.0 Å². The van der Waals surface area contributed by atoms with Gasteiger partial charge >= 0.3 is 0 Å². The lowest BCUT2D eigenvalue weighted by atomic mass is 9.98. The predicted molar refractivity (Wildman–Crippen MR) is 87.4 cm³/mol. The highest BCUT2D eigenvalue weighted by Gasteiger charge is 2.13. The van der Waals surface area contributed by atoms with E-state index in [-0.39, 0.29) is 0 Å². The van der Waals surface area contributed by atoms with Crippen LogP contribution in [-0.2, 0) is 6.42 Å². The first-order chi connectivity index (χ1) is 9.70. The molecular formula is C18H22ClN. The van der Waals surface area contributed by atoms with E-state index in [2.05, 4.69) is 61.6 Å². The van der Waals surface area contributed by atoms with Gasteiger partial charge in [-0.05, 0) is 49.1 Å². The minimum absolute atomic E-state index is 0.316. The highest BCUT2D eigenvalue weighted by molar-refractivity contribution is 6.31. The largest absolute Gasteiger partial charge is 0.310 e. The van der Waals surface area contributed by atoms with Crippen LogP contribution in [0.1, 0.15) is 36.1 Å². The van der Waals surface area contributed by atoms with E-state index < -0.39 is 0 Å². The zero-order valence-corrected chi connectivity index (χ0v) is 13.0. The molecule has 0 bridgehead atoms. The minimum Gasteiger partial charge on any atom is -0.310 e. The Hall–Kier alpha value is -1.31. The molecule has 1 atom stereocenters. The smallest absolute Gasteiger partial charge is 0.0441 e. The molecule has 0 amide bonds. The average Bonchev–Trinajstić information content (AvgIpc) is 2.46. The molecule has 0 saturated heterocycles. The van der Waals surface area contributed by atoms with E-state index in [4.69, 9.17) is 11.6 Å². The van der Waals surface area contributed by atoms with Gasteiger partial charge in [-0.15, -0.1) is 0 Å². The van der Waals surface area contributed by atoms with Crippen molar-refractivity contribution in [3.8, 4) is 0 Å². The minimum atomic E-state index is 0.316. The first-order valence-electron chi connectivity index (χ1n) is 7.24. The topological polar surface area (TPSA) is 12.0 Å². The van der Waals surface area contributed by atoms with Crippen molar-refractivity contribution in [2.45, 2.75) is 32.7 Å². The van der Waals surface area contributed by atoms with Crippen LogP contribution in [0.5, 0.6) is 0 Å². The molecule has 106 valence electrons. The zero-order valence-electron chi connectivity index (χ0n) is 12.2. The molecule has 2 aromatic carbocycles. The molecule has 2 aromatic rings. The Balaban J connectivity index is 2.19. The van der Waals surface area contributed by atoms with Crippen LogP contribution in [0.4, 0.5) is 0 Å². The summed E-state index contributed by atoms with van der Waals surface area (Å²) in [6.45, 7) is 5.27. The van der Waals surface area contributed by atoms with Crippen LogP contribution in [-0.4, -0.2) is 6.54 Å². The monoisotopic (exact) mass is 287 g/mol. The Morgan fingerprint density at radius 3 is 2.50 bits per heavy atom. The van der Waals surface area contributed by atoms with Gasteiger partial charge in [0.05, 0.1) is 0 Å². The first kappa shape index (κ1) is 15.1. The molecule has 2 heteroatoms. The summed E-state index contributed by atoms with van der Waals surface area (Å²) in [6, 6.07) is 17.2. The second kappa shape index (κ2) is 7.47.